The smallest absolute Gasteiger partial charge is 0.0728 e. The summed E-state index contributed by atoms with van der Waals surface area (Å²) in [5, 5.41) is 0. The van der Waals surface area contributed by atoms with Crippen molar-refractivity contribution in [1.29, 1.82) is 0 Å². The van der Waals surface area contributed by atoms with Gasteiger partial charge in [0.2, 0.25) is 0 Å². The zero-order valence-corrected chi connectivity index (χ0v) is 23.2. The second-order valence-electron chi connectivity index (χ2n) is 11.2. The van der Waals surface area contributed by atoms with Crippen LogP contribution in [-0.4, -0.2) is 56.4 Å². The molecule has 4 heteroatoms. The normalized spacial score (nSPS) is 13.6. The second kappa shape index (κ2) is 8.04. The number of hydrogen-bond donors (Lipinski definition) is 0. The van der Waals surface area contributed by atoms with Gasteiger partial charge in [0.05, 0.1) is 5.41 Å². The van der Waals surface area contributed by atoms with Crippen molar-refractivity contribution >= 4 is 22.7 Å². The van der Waals surface area contributed by atoms with Crippen molar-refractivity contribution in [3.05, 3.63) is 95.1 Å². The maximum atomic E-state index is 2.42. The van der Waals surface area contributed by atoms with E-state index in [2.05, 4.69) is 149 Å². The van der Waals surface area contributed by atoms with Gasteiger partial charge in [-0.25, -0.2) is 0 Å². The first kappa shape index (κ1) is 23.5. The molecule has 0 saturated heterocycles. The van der Waals surface area contributed by atoms with Crippen molar-refractivity contribution in [2.45, 2.75) is 5.41 Å². The molecule has 0 amide bonds. The zero-order valence-electron chi connectivity index (χ0n) is 23.2. The maximum Gasteiger partial charge on any atom is 0.0728 e. The molecule has 1 spiro atoms. The maximum absolute atomic E-state index is 2.42. The van der Waals surface area contributed by atoms with Crippen LogP contribution >= 0.6 is 0 Å². The molecular formula is C33H36N4. The molecule has 6 rings (SSSR count). The van der Waals surface area contributed by atoms with Crippen molar-refractivity contribution in [3.63, 3.8) is 0 Å². The van der Waals surface area contributed by atoms with E-state index in [1.54, 1.807) is 0 Å². The highest BCUT2D eigenvalue weighted by atomic mass is 15.1. The summed E-state index contributed by atoms with van der Waals surface area (Å²) in [6.45, 7) is 0. The third kappa shape index (κ3) is 3.14. The van der Waals surface area contributed by atoms with Crippen LogP contribution in [0.3, 0.4) is 0 Å². The number of fused-ring (bicyclic) bond motifs is 10. The van der Waals surface area contributed by atoms with Gasteiger partial charge in [0.25, 0.3) is 0 Å². The standard InChI is InChI=1S/C33H36N4/c1-34(2)21-9-13-25-26-14-10-22(35(3)4)18-30(26)33(29(25)17-21)31-19-23(36(5)6)11-15-27(31)28-16-12-24(37(7)8)20-32(28)33/h9-20H,1-8H3. The minimum atomic E-state index is -0.384. The Morgan fingerprint density at radius 2 is 0.568 bits per heavy atom. The van der Waals surface area contributed by atoms with E-state index >= 15 is 0 Å². The predicted octanol–water partition coefficient (Wildman–Crippen LogP) is 6.29. The van der Waals surface area contributed by atoms with Crippen molar-refractivity contribution in [3.8, 4) is 22.3 Å². The fourth-order valence-corrected chi connectivity index (χ4v) is 6.29. The molecule has 188 valence electrons. The first-order valence-electron chi connectivity index (χ1n) is 12.9. The summed E-state index contributed by atoms with van der Waals surface area (Å²) < 4.78 is 0. The molecule has 2 aliphatic rings. The van der Waals surface area contributed by atoms with Crippen LogP contribution in [0.25, 0.3) is 22.3 Å². The average molecular weight is 489 g/mol. The van der Waals surface area contributed by atoms with E-state index in [4.69, 9.17) is 0 Å². The summed E-state index contributed by atoms with van der Waals surface area (Å²) >= 11 is 0. The van der Waals surface area contributed by atoms with Crippen LogP contribution < -0.4 is 19.6 Å². The lowest BCUT2D eigenvalue weighted by Crippen LogP contribution is -2.27. The third-order valence-corrected chi connectivity index (χ3v) is 8.27. The van der Waals surface area contributed by atoms with Crippen molar-refractivity contribution in [2.24, 2.45) is 0 Å². The Morgan fingerprint density at radius 3 is 0.757 bits per heavy atom. The lowest BCUT2D eigenvalue weighted by molar-refractivity contribution is 0.791. The van der Waals surface area contributed by atoms with E-state index < -0.39 is 0 Å². The summed E-state index contributed by atoms with van der Waals surface area (Å²) in [4.78, 5) is 8.86. The molecule has 37 heavy (non-hydrogen) atoms. The van der Waals surface area contributed by atoms with Gasteiger partial charge in [-0.2, -0.15) is 0 Å². The number of benzene rings is 4. The molecule has 4 aromatic carbocycles. The minimum Gasteiger partial charge on any atom is -0.378 e. The fraction of sp³-hybridized carbons (Fsp3) is 0.273. The zero-order chi connectivity index (χ0) is 26.2. The molecule has 0 heterocycles. The number of hydrogen-bond acceptors (Lipinski definition) is 4. The van der Waals surface area contributed by atoms with Crippen molar-refractivity contribution in [2.75, 3.05) is 76.0 Å². The van der Waals surface area contributed by atoms with E-state index in [1.807, 2.05) is 0 Å². The van der Waals surface area contributed by atoms with E-state index in [9.17, 15) is 0 Å². The summed E-state index contributed by atoms with van der Waals surface area (Å²) in [7, 11) is 17.0. The van der Waals surface area contributed by atoms with Crippen LogP contribution in [0.15, 0.2) is 72.8 Å². The minimum absolute atomic E-state index is 0.384. The Bertz CT molecular complexity index is 1310. The molecule has 0 unspecified atom stereocenters. The lowest BCUT2D eigenvalue weighted by Gasteiger charge is -2.33. The van der Waals surface area contributed by atoms with E-state index in [0.29, 0.717) is 0 Å². The Labute approximate surface area is 221 Å². The highest BCUT2D eigenvalue weighted by Crippen LogP contribution is 2.64. The van der Waals surface area contributed by atoms with Gasteiger partial charge in [0.15, 0.2) is 0 Å². The molecule has 0 N–H and O–H groups in total. The lowest BCUT2D eigenvalue weighted by atomic mass is 9.70. The van der Waals surface area contributed by atoms with Crippen LogP contribution in [0, 0.1) is 0 Å². The molecule has 0 aliphatic heterocycles. The molecular weight excluding hydrogens is 452 g/mol. The average Bonchev–Trinajstić information content (AvgIpc) is 3.33. The number of nitrogens with zero attached hydrogens (tertiary/aromatic N) is 4. The van der Waals surface area contributed by atoms with Crippen LogP contribution in [0.5, 0.6) is 0 Å². The molecule has 4 nitrogen and oxygen atoms in total. The quantitative estimate of drug-likeness (QED) is 0.289. The number of rotatable bonds is 4. The van der Waals surface area contributed by atoms with Crippen LogP contribution in [0.2, 0.25) is 0 Å². The summed E-state index contributed by atoms with van der Waals surface area (Å²) in [6.07, 6.45) is 0. The monoisotopic (exact) mass is 488 g/mol. The predicted molar refractivity (Wildman–Crippen MR) is 160 cm³/mol. The van der Waals surface area contributed by atoms with Crippen molar-refractivity contribution < 1.29 is 0 Å². The Hall–Kier alpha value is -3.92. The second-order valence-corrected chi connectivity index (χ2v) is 11.2. The Morgan fingerprint density at radius 1 is 0.351 bits per heavy atom. The van der Waals surface area contributed by atoms with Gasteiger partial charge in [0.1, 0.15) is 0 Å². The van der Waals surface area contributed by atoms with E-state index in [-0.39, 0.29) is 5.41 Å². The van der Waals surface area contributed by atoms with Gasteiger partial charge in [-0.3, -0.25) is 0 Å². The topological polar surface area (TPSA) is 13.0 Å². The van der Waals surface area contributed by atoms with Gasteiger partial charge in [0, 0.05) is 79.1 Å². The first-order valence-corrected chi connectivity index (χ1v) is 12.9. The highest BCUT2D eigenvalue weighted by Gasteiger charge is 2.52. The SMILES string of the molecule is CN(C)c1ccc2c(c1)C1(c3cc(N(C)C)ccc3-2)c2cc(N(C)C)ccc2-c2ccc(N(C)C)cc21. The molecule has 0 fully saturated rings. The molecule has 0 radical (unpaired) electrons. The Kier molecular flexibility index (Phi) is 5.10. The largest absolute Gasteiger partial charge is 0.378 e. The van der Waals surface area contributed by atoms with Crippen LogP contribution in [-0.2, 0) is 5.41 Å². The van der Waals surface area contributed by atoms with Gasteiger partial charge >= 0.3 is 0 Å². The summed E-state index contributed by atoms with van der Waals surface area (Å²) in [5.74, 6) is 0. The van der Waals surface area contributed by atoms with Gasteiger partial charge in [-0.15, -0.1) is 0 Å². The highest BCUT2D eigenvalue weighted by molar-refractivity contribution is 5.97. The molecule has 0 aromatic heterocycles. The fourth-order valence-electron chi connectivity index (χ4n) is 6.29. The molecule has 2 aliphatic carbocycles. The van der Waals surface area contributed by atoms with E-state index in [1.165, 1.54) is 67.3 Å². The van der Waals surface area contributed by atoms with Gasteiger partial charge in [-0.1, -0.05) is 24.3 Å². The van der Waals surface area contributed by atoms with Crippen LogP contribution in [0.4, 0.5) is 22.7 Å². The van der Waals surface area contributed by atoms with Crippen LogP contribution in [0.1, 0.15) is 22.3 Å². The van der Waals surface area contributed by atoms with Gasteiger partial charge < -0.3 is 19.6 Å². The molecule has 0 saturated carbocycles. The third-order valence-electron chi connectivity index (χ3n) is 8.27. The van der Waals surface area contributed by atoms with E-state index in [0.717, 1.165) is 0 Å². The molecule has 0 atom stereocenters. The molecule has 4 aromatic rings. The Balaban J connectivity index is 1.81. The first-order chi connectivity index (χ1) is 17.6. The summed E-state index contributed by atoms with van der Waals surface area (Å²) in [6, 6.07) is 28.0. The molecule has 0 bridgehead atoms. The number of anilines is 4. The van der Waals surface area contributed by atoms with Crippen molar-refractivity contribution in [1.82, 2.24) is 0 Å². The summed E-state index contributed by atoms with van der Waals surface area (Å²) in [5.41, 5.74) is 15.3. The van der Waals surface area contributed by atoms with Gasteiger partial charge in [-0.05, 0) is 93.0 Å².